The van der Waals surface area contributed by atoms with Crippen LogP contribution in [0.15, 0.2) is 107 Å². The van der Waals surface area contributed by atoms with E-state index >= 15 is 0 Å². The molecule has 0 radical (unpaired) electrons. The lowest BCUT2D eigenvalue weighted by molar-refractivity contribution is 0.101. The minimum absolute atomic E-state index is 0.0396. The molecule has 0 bridgehead atoms. The zero-order valence-electron chi connectivity index (χ0n) is 28.2. The van der Waals surface area contributed by atoms with Gasteiger partial charge in [0.1, 0.15) is 32.7 Å². The van der Waals surface area contributed by atoms with Crippen LogP contribution in [0.25, 0.3) is 21.5 Å². The lowest BCUT2D eigenvalue weighted by Gasteiger charge is -2.16. The Morgan fingerprint density at radius 1 is 0.519 bits per heavy atom. The summed E-state index contributed by atoms with van der Waals surface area (Å²) in [5.74, 6) is -2.73. The third kappa shape index (κ3) is 7.50. The first-order valence-electron chi connectivity index (χ1n) is 15.8. The van der Waals surface area contributed by atoms with Gasteiger partial charge in [0.05, 0.1) is 0 Å². The number of fused-ring (bicyclic) bond motifs is 2. The molecule has 0 aliphatic rings. The zero-order valence-corrected chi connectivity index (χ0v) is 29.8. The van der Waals surface area contributed by atoms with Gasteiger partial charge >= 0.3 is 6.03 Å². The van der Waals surface area contributed by atoms with Gasteiger partial charge in [0.2, 0.25) is 0 Å². The summed E-state index contributed by atoms with van der Waals surface area (Å²) < 4.78 is 68.1. The van der Waals surface area contributed by atoms with Gasteiger partial charge in [-0.15, -0.1) is 0 Å². The third-order valence-corrected chi connectivity index (χ3v) is 10.2. The van der Waals surface area contributed by atoms with Gasteiger partial charge in [0.15, 0.2) is 0 Å². The second-order valence-electron chi connectivity index (χ2n) is 12.1. The summed E-state index contributed by atoms with van der Waals surface area (Å²) in [7, 11) is -9.71. The number of aryl methyl sites for hydroxylation is 2. The smallest absolute Gasteiger partial charge is 0.323 e. The molecule has 15 nitrogen and oxygen atoms in total. The number of rotatable bonds is 8. The molecule has 4 amide bonds. The van der Waals surface area contributed by atoms with Crippen LogP contribution in [0.1, 0.15) is 31.8 Å². The average molecular weight is 771 g/mol. The molecule has 54 heavy (non-hydrogen) atoms. The fraction of sp³-hybridized carbons (Fsp3) is 0.0541. The molecule has 0 fully saturated rings. The summed E-state index contributed by atoms with van der Waals surface area (Å²) in [6.07, 6.45) is 0. The van der Waals surface area contributed by atoms with Crippen LogP contribution >= 0.6 is 0 Å². The Kier molecular flexibility index (Phi) is 9.74. The van der Waals surface area contributed by atoms with Crippen LogP contribution in [0, 0.1) is 13.8 Å². The molecule has 6 aromatic carbocycles. The van der Waals surface area contributed by atoms with Crippen molar-refractivity contribution in [1.29, 1.82) is 0 Å². The number of carbonyl (C=O) groups is 3. The fourth-order valence-corrected chi connectivity index (χ4v) is 7.16. The van der Waals surface area contributed by atoms with Gasteiger partial charge in [-0.3, -0.25) is 18.7 Å². The molecular formula is C37H30N4O11S2. The number of hydrogen-bond donors (Lipinski definition) is 8. The maximum atomic E-state index is 13.2. The van der Waals surface area contributed by atoms with E-state index in [1.54, 1.807) is 38.1 Å². The number of benzene rings is 6. The normalized spacial score (nSPS) is 11.6. The van der Waals surface area contributed by atoms with Crippen LogP contribution in [0.5, 0.6) is 11.5 Å². The molecule has 0 unspecified atom stereocenters. The standard InChI is InChI=1S/C37H30N4O11S2/c1-19-15-23(35(44)40-31-29(53(47,48)49)17-21-7-3-5-9-25(21)33(31)42)11-13-27(19)38-37(46)39-28-14-12-24(16-20(28)2)36(45)41-32-30(54(50,51)52)18-22-8-4-6-10-26(22)34(32)43/h3-18,42-43H,1-2H3,(H,40,44)(H,41,45)(H2,38,39,46)(H,47,48,49)(H,50,51,52). The topological polar surface area (TPSA) is 249 Å². The Morgan fingerprint density at radius 2 is 0.889 bits per heavy atom. The number of urea groups is 1. The Labute approximate surface area is 307 Å². The van der Waals surface area contributed by atoms with E-state index in [0.29, 0.717) is 33.3 Å². The maximum absolute atomic E-state index is 13.2. The lowest BCUT2D eigenvalue weighted by atomic mass is 10.1. The van der Waals surface area contributed by atoms with Crippen molar-refractivity contribution in [2.45, 2.75) is 23.6 Å². The molecule has 6 rings (SSSR count). The molecule has 8 N–H and O–H groups in total. The predicted molar refractivity (Wildman–Crippen MR) is 202 cm³/mol. The number of nitrogens with one attached hydrogen (secondary N) is 4. The summed E-state index contributed by atoms with van der Waals surface area (Å²) in [5, 5.41) is 32.7. The molecule has 0 spiro atoms. The first-order chi connectivity index (χ1) is 25.4. The van der Waals surface area contributed by atoms with E-state index in [0.717, 1.165) is 12.1 Å². The molecule has 0 aromatic heterocycles. The maximum Gasteiger partial charge on any atom is 0.323 e. The van der Waals surface area contributed by atoms with E-state index in [9.17, 15) is 50.5 Å². The van der Waals surface area contributed by atoms with Crippen molar-refractivity contribution in [3.8, 4) is 11.5 Å². The van der Waals surface area contributed by atoms with E-state index in [1.165, 1.54) is 60.7 Å². The summed E-state index contributed by atoms with van der Waals surface area (Å²) in [6.45, 7) is 3.20. The Bertz CT molecular complexity index is 2600. The number of phenols is 2. The van der Waals surface area contributed by atoms with E-state index in [1.807, 2.05) is 0 Å². The molecule has 0 atom stereocenters. The van der Waals surface area contributed by atoms with Crippen molar-refractivity contribution in [3.63, 3.8) is 0 Å². The SMILES string of the molecule is Cc1cc(C(=O)Nc2c(S(=O)(=O)O)cc3ccccc3c2O)ccc1NC(=O)Nc1ccc(C(=O)Nc2c(S(=O)(=O)O)cc3ccccc3c2O)cc1C. The van der Waals surface area contributed by atoms with E-state index in [2.05, 4.69) is 21.3 Å². The molecule has 0 heterocycles. The molecule has 6 aromatic rings. The minimum Gasteiger partial charge on any atom is -0.505 e. The number of phenolic OH excluding ortho intramolecular Hbond substituents is 2. The molecule has 0 saturated carbocycles. The van der Waals surface area contributed by atoms with Crippen LogP contribution in [0.4, 0.5) is 27.5 Å². The minimum atomic E-state index is -4.85. The van der Waals surface area contributed by atoms with Gasteiger partial charge in [-0.1, -0.05) is 48.5 Å². The van der Waals surface area contributed by atoms with Crippen LogP contribution in [-0.2, 0) is 20.2 Å². The Balaban J connectivity index is 1.15. The highest BCUT2D eigenvalue weighted by Gasteiger charge is 2.25. The quantitative estimate of drug-likeness (QED) is 0.0600. The number of anilines is 4. The molecule has 17 heteroatoms. The third-order valence-electron chi connectivity index (χ3n) is 8.48. The van der Waals surface area contributed by atoms with Crippen molar-refractivity contribution in [3.05, 3.63) is 119 Å². The van der Waals surface area contributed by atoms with E-state index in [4.69, 9.17) is 0 Å². The lowest BCUT2D eigenvalue weighted by Crippen LogP contribution is -2.21. The van der Waals surface area contributed by atoms with Crippen LogP contribution in [-0.4, -0.2) is 54.0 Å². The van der Waals surface area contributed by atoms with E-state index < -0.39 is 70.7 Å². The van der Waals surface area contributed by atoms with Gasteiger partial charge in [-0.25, -0.2) is 4.79 Å². The largest absolute Gasteiger partial charge is 0.505 e. The van der Waals surface area contributed by atoms with Crippen LogP contribution < -0.4 is 21.3 Å². The van der Waals surface area contributed by atoms with Crippen LogP contribution in [0.3, 0.4) is 0 Å². The van der Waals surface area contributed by atoms with Crippen molar-refractivity contribution < 1.29 is 50.5 Å². The summed E-state index contributed by atoms with van der Waals surface area (Å²) in [6, 6.07) is 22.5. The number of amides is 4. The molecule has 0 aliphatic carbocycles. The van der Waals surface area contributed by atoms with Gasteiger partial charge in [-0.2, -0.15) is 16.8 Å². The Morgan fingerprint density at radius 3 is 1.24 bits per heavy atom. The van der Waals surface area contributed by atoms with Crippen molar-refractivity contribution in [2.24, 2.45) is 0 Å². The monoisotopic (exact) mass is 770 g/mol. The Hall–Kier alpha value is -6.53. The summed E-state index contributed by atoms with van der Waals surface area (Å²) in [4.78, 5) is 37.9. The zero-order chi connectivity index (χ0) is 39.1. The van der Waals surface area contributed by atoms with Gasteiger partial charge in [-0.05, 0) is 84.3 Å². The van der Waals surface area contributed by atoms with Gasteiger partial charge in [0, 0.05) is 33.3 Å². The average Bonchev–Trinajstić information content (AvgIpc) is 3.11. The first kappa shape index (κ1) is 37.2. The number of hydrogen-bond acceptors (Lipinski definition) is 9. The summed E-state index contributed by atoms with van der Waals surface area (Å²) >= 11 is 0. The molecule has 0 saturated heterocycles. The van der Waals surface area contributed by atoms with Crippen molar-refractivity contribution >= 4 is 82.4 Å². The molecular weight excluding hydrogens is 741 g/mol. The fourth-order valence-electron chi connectivity index (χ4n) is 5.79. The first-order valence-corrected chi connectivity index (χ1v) is 18.7. The van der Waals surface area contributed by atoms with Crippen molar-refractivity contribution in [2.75, 3.05) is 21.3 Å². The van der Waals surface area contributed by atoms with Crippen molar-refractivity contribution in [1.82, 2.24) is 0 Å². The number of carbonyl (C=O) groups excluding carboxylic acids is 3. The van der Waals surface area contributed by atoms with E-state index in [-0.39, 0.29) is 21.9 Å². The van der Waals surface area contributed by atoms with Crippen LogP contribution in [0.2, 0.25) is 0 Å². The highest BCUT2D eigenvalue weighted by Crippen LogP contribution is 2.40. The predicted octanol–water partition coefficient (Wildman–Crippen LogP) is 6.66. The molecule has 276 valence electrons. The van der Waals surface area contributed by atoms with Gasteiger partial charge < -0.3 is 31.5 Å². The van der Waals surface area contributed by atoms with Gasteiger partial charge in [0.25, 0.3) is 32.1 Å². The highest BCUT2D eigenvalue weighted by molar-refractivity contribution is 7.86. The summed E-state index contributed by atoms with van der Waals surface area (Å²) in [5.41, 5.74) is 0.531. The number of aromatic hydroxyl groups is 2. The molecule has 0 aliphatic heterocycles. The second kappa shape index (κ2) is 14.1. The highest BCUT2D eigenvalue weighted by atomic mass is 32.2. The second-order valence-corrected chi connectivity index (χ2v) is 14.9.